The minimum Gasteiger partial charge on any atom is -0.481 e. The molecule has 0 aliphatic carbocycles. The van der Waals surface area contributed by atoms with Gasteiger partial charge in [0.05, 0.1) is 6.54 Å². The van der Waals surface area contributed by atoms with Gasteiger partial charge in [0.25, 0.3) is 5.91 Å². The Labute approximate surface area is 131 Å². The van der Waals surface area contributed by atoms with E-state index in [0.717, 1.165) is 0 Å². The minimum absolute atomic E-state index is 0.0845. The minimum atomic E-state index is -0.605. The van der Waals surface area contributed by atoms with Crippen LogP contribution in [0.25, 0.3) is 0 Å². The van der Waals surface area contributed by atoms with E-state index in [1.807, 2.05) is 24.3 Å². The molecule has 1 aliphatic rings. The largest absolute Gasteiger partial charge is 0.481 e. The Morgan fingerprint density at radius 2 is 1.91 bits per heavy atom. The molecule has 1 aromatic rings. The van der Waals surface area contributed by atoms with Crippen LogP contribution in [-0.2, 0) is 15.0 Å². The van der Waals surface area contributed by atoms with Crippen molar-refractivity contribution >= 4 is 11.8 Å². The molecule has 1 heterocycles. The summed E-state index contributed by atoms with van der Waals surface area (Å²) in [5, 5.41) is 2.70. The molecule has 1 aromatic carbocycles. The maximum absolute atomic E-state index is 12.3. The Bertz CT molecular complexity index is 546. The van der Waals surface area contributed by atoms with Gasteiger partial charge in [-0.3, -0.25) is 9.59 Å². The fourth-order valence-electron chi connectivity index (χ4n) is 2.37. The van der Waals surface area contributed by atoms with Crippen molar-refractivity contribution in [1.29, 1.82) is 0 Å². The number of benzene rings is 1. The maximum atomic E-state index is 12.3. The van der Waals surface area contributed by atoms with E-state index in [1.165, 1.54) is 10.5 Å². The predicted octanol–water partition coefficient (Wildman–Crippen LogP) is 1.71. The summed E-state index contributed by atoms with van der Waals surface area (Å²) in [6, 6.07) is 7.79. The van der Waals surface area contributed by atoms with Gasteiger partial charge in [0.15, 0.2) is 6.10 Å². The lowest BCUT2D eigenvalue weighted by molar-refractivity contribution is -0.143. The summed E-state index contributed by atoms with van der Waals surface area (Å²) < 4.78 is 5.71. The van der Waals surface area contributed by atoms with E-state index < -0.39 is 6.10 Å². The number of hydrogen-bond donors (Lipinski definition) is 1. The standard InChI is InChI=1S/C17H24N2O3/c1-12(16(21)19-10-9-18-15(20)11-19)22-14-7-5-13(6-8-14)17(2,3)4/h5-8,12H,9-11H2,1-4H3,(H,18,20)/t12-/m1/s1. The zero-order valence-electron chi connectivity index (χ0n) is 13.7. The van der Waals surface area contributed by atoms with Crippen LogP contribution >= 0.6 is 0 Å². The molecule has 0 radical (unpaired) electrons. The average molecular weight is 304 g/mol. The zero-order chi connectivity index (χ0) is 16.3. The molecule has 1 N–H and O–H groups in total. The second-order valence-corrected chi connectivity index (χ2v) is 6.64. The van der Waals surface area contributed by atoms with Gasteiger partial charge in [-0.15, -0.1) is 0 Å². The third kappa shape index (κ3) is 4.00. The lowest BCUT2D eigenvalue weighted by Gasteiger charge is -2.29. The molecule has 1 fully saturated rings. The third-order valence-electron chi connectivity index (χ3n) is 3.73. The molecular formula is C17H24N2O3. The van der Waals surface area contributed by atoms with Crippen molar-refractivity contribution in [3.8, 4) is 5.75 Å². The number of rotatable bonds is 3. The Morgan fingerprint density at radius 1 is 1.27 bits per heavy atom. The Kier molecular flexibility index (Phi) is 4.74. The summed E-state index contributed by atoms with van der Waals surface area (Å²) in [5.41, 5.74) is 1.30. The van der Waals surface area contributed by atoms with Crippen LogP contribution in [-0.4, -0.2) is 42.5 Å². The van der Waals surface area contributed by atoms with Crippen molar-refractivity contribution in [1.82, 2.24) is 10.2 Å². The lowest BCUT2D eigenvalue weighted by atomic mass is 9.87. The van der Waals surface area contributed by atoms with Gasteiger partial charge in [0.1, 0.15) is 5.75 Å². The molecule has 5 heteroatoms. The smallest absolute Gasteiger partial charge is 0.263 e. The molecule has 5 nitrogen and oxygen atoms in total. The number of carbonyl (C=O) groups is 2. The van der Waals surface area contributed by atoms with Gasteiger partial charge in [-0.25, -0.2) is 0 Å². The Balaban J connectivity index is 1.97. The van der Waals surface area contributed by atoms with Crippen LogP contribution in [0.5, 0.6) is 5.75 Å². The molecule has 1 aliphatic heterocycles. The number of nitrogens with one attached hydrogen (secondary N) is 1. The number of nitrogens with zero attached hydrogens (tertiary/aromatic N) is 1. The number of carbonyl (C=O) groups excluding carboxylic acids is 2. The number of amides is 2. The molecule has 1 atom stereocenters. The van der Waals surface area contributed by atoms with Gasteiger partial charge < -0.3 is 15.0 Å². The van der Waals surface area contributed by atoms with E-state index in [9.17, 15) is 9.59 Å². The summed E-state index contributed by atoms with van der Waals surface area (Å²) >= 11 is 0. The topological polar surface area (TPSA) is 58.6 Å². The third-order valence-corrected chi connectivity index (χ3v) is 3.73. The fraction of sp³-hybridized carbons (Fsp3) is 0.529. The molecule has 0 aromatic heterocycles. The first-order chi connectivity index (χ1) is 10.3. The molecule has 22 heavy (non-hydrogen) atoms. The van der Waals surface area contributed by atoms with E-state index in [0.29, 0.717) is 18.8 Å². The van der Waals surface area contributed by atoms with Crippen LogP contribution < -0.4 is 10.1 Å². The Morgan fingerprint density at radius 3 is 2.45 bits per heavy atom. The van der Waals surface area contributed by atoms with Gasteiger partial charge >= 0.3 is 0 Å². The van der Waals surface area contributed by atoms with Gasteiger partial charge in [0, 0.05) is 13.1 Å². The van der Waals surface area contributed by atoms with Crippen LogP contribution in [0, 0.1) is 0 Å². The van der Waals surface area contributed by atoms with Gasteiger partial charge in [0.2, 0.25) is 5.91 Å². The van der Waals surface area contributed by atoms with Gasteiger partial charge in [-0.05, 0) is 30.0 Å². The molecule has 2 amide bonds. The SMILES string of the molecule is C[C@@H](Oc1ccc(C(C)(C)C)cc1)C(=O)N1CCNC(=O)C1. The lowest BCUT2D eigenvalue weighted by Crippen LogP contribution is -2.53. The van der Waals surface area contributed by atoms with E-state index >= 15 is 0 Å². The van der Waals surface area contributed by atoms with E-state index in [-0.39, 0.29) is 23.8 Å². The molecule has 0 bridgehead atoms. The molecule has 1 saturated heterocycles. The summed E-state index contributed by atoms with van der Waals surface area (Å²) in [4.78, 5) is 25.2. The quantitative estimate of drug-likeness (QED) is 0.925. The van der Waals surface area contributed by atoms with Crippen LogP contribution in [0.4, 0.5) is 0 Å². The molecular weight excluding hydrogens is 280 g/mol. The van der Waals surface area contributed by atoms with E-state index in [1.54, 1.807) is 6.92 Å². The first-order valence-corrected chi connectivity index (χ1v) is 7.60. The Hall–Kier alpha value is -2.04. The van der Waals surface area contributed by atoms with Crippen molar-refractivity contribution in [3.63, 3.8) is 0 Å². The monoisotopic (exact) mass is 304 g/mol. The summed E-state index contributed by atoms with van der Waals surface area (Å²) in [6.07, 6.45) is -0.605. The van der Waals surface area contributed by atoms with Crippen molar-refractivity contribution in [2.75, 3.05) is 19.6 Å². The number of ether oxygens (including phenoxy) is 1. The highest BCUT2D eigenvalue weighted by Crippen LogP contribution is 2.24. The zero-order valence-corrected chi connectivity index (χ0v) is 13.7. The molecule has 120 valence electrons. The summed E-state index contributed by atoms with van der Waals surface area (Å²) in [7, 11) is 0. The van der Waals surface area contributed by atoms with Gasteiger partial charge in [-0.2, -0.15) is 0 Å². The first kappa shape index (κ1) is 16.3. The molecule has 0 spiro atoms. The van der Waals surface area contributed by atoms with E-state index in [4.69, 9.17) is 4.74 Å². The fourth-order valence-corrected chi connectivity index (χ4v) is 2.37. The van der Waals surface area contributed by atoms with Crippen molar-refractivity contribution < 1.29 is 14.3 Å². The summed E-state index contributed by atoms with van der Waals surface area (Å²) in [6.45, 7) is 9.30. The highest BCUT2D eigenvalue weighted by molar-refractivity contribution is 5.88. The van der Waals surface area contributed by atoms with Crippen LogP contribution in [0.15, 0.2) is 24.3 Å². The molecule has 0 saturated carbocycles. The van der Waals surface area contributed by atoms with E-state index in [2.05, 4.69) is 26.1 Å². The van der Waals surface area contributed by atoms with Gasteiger partial charge in [-0.1, -0.05) is 32.9 Å². The highest BCUT2D eigenvalue weighted by Gasteiger charge is 2.26. The second kappa shape index (κ2) is 6.38. The highest BCUT2D eigenvalue weighted by atomic mass is 16.5. The normalized spacial score (nSPS) is 16.9. The van der Waals surface area contributed by atoms with Crippen molar-refractivity contribution in [3.05, 3.63) is 29.8 Å². The van der Waals surface area contributed by atoms with Crippen LogP contribution in [0.2, 0.25) is 0 Å². The maximum Gasteiger partial charge on any atom is 0.263 e. The average Bonchev–Trinajstić information content (AvgIpc) is 2.46. The first-order valence-electron chi connectivity index (χ1n) is 7.60. The van der Waals surface area contributed by atoms with Crippen LogP contribution in [0.1, 0.15) is 33.3 Å². The molecule has 0 unspecified atom stereocenters. The predicted molar refractivity (Wildman–Crippen MR) is 84.8 cm³/mol. The van der Waals surface area contributed by atoms with Crippen LogP contribution in [0.3, 0.4) is 0 Å². The summed E-state index contributed by atoms with van der Waals surface area (Å²) in [5.74, 6) is 0.381. The van der Waals surface area contributed by atoms with Crippen molar-refractivity contribution in [2.45, 2.75) is 39.2 Å². The second-order valence-electron chi connectivity index (χ2n) is 6.64. The molecule has 2 rings (SSSR count). The van der Waals surface area contributed by atoms with Crippen molar-refractivity contribution in [2.24, 2.45) is 0 Å². The number of piperazine rings is 1. The number of hydrogen-bond acceptors (Lipinski definition) is 3.